The van der Waals surface area contributed by atoms with E-state index in [4.69, 9.17) is 0 Å². The summed E-state index contributed by atoms with van der Waals surface area (Å²) in [6.45, 7) is 1.56. The molecule has 0 unspecified atom stereocenters. The standard InChI is InChI=1S/C11H11BrFNO/c12-9-3-7(1-2-10(9)13)4-11(15)8-5-14-6-8/h1-3,8,14H,4-6H2. The third-order valence-electron chi connectivity index (χ3n) is 2.60. The van der Waals surface area contributed by atoms with E-state index in [2.05, 4.69) is 21.2 Å². The molecule has 4 heteroatoms. The summed E-state index contributed by atoms with van der Waals surface area (Å²) >= 11 is 3.11. The van der Waals surface area contributed by atoms with Gasteiger partial charge in [-0.25, -0.2) is 4.39 Å². The van der Waals surface area contributed by atoms with Crippen molar-refractivity contribution in [1.82, 2.24) is 5.32 Å². The number of ketones is 1. The lowest BCUT2D eigenvalue weighted by Crippen LogP contribution is -2.47. The first-order valence-electron chi connectivity index (χ1n) is 4.84. The SMILES string of the molecule is O=C(Cc1ccc(F)c(Br)c1)C1CNC1. The largest absolute Gasteiger partial charge is 0.315 e. The first kappa shape index (κ1) is 10.8. The lowest BCUT2D eigenvalue weighted by atomic mass is 9.93. The van der Waals surface area contributed by atoms with Crippen molar-refractivity contribution in [1.29, 1.82) is 0 Å². The fourth-order valence-electron chi connectivity index (χ4n) is 1.51. The molecule has 0 aromatic heterocycles. The highest BCUT2D eigenvalue weighted by Gasteiger charge is 2.24. The number of halogens is 2. The molecule has 1 aliphatic rings. The number of rotatable bonds is 3. The molecule has 2 nitrogen and oxygen atoms in total. The Hall–Kier alpha value is -0.740. The summed E-state index contributed by atoms with van der Waals surface area (Å²) in [5.74, 6) is 0.0811. The molecule has 1 heterocycles. The van der Waals surface area contributed by atoms with Crippen LogP contribution < -0.4 is 5.32 Å². The molecule has 2 rings (SSSR count). The number of hydrogen-bond donors (Lipinski definition) is 1. The minimum absolute atomic E-state index is 0.147. The van der Waals surface area contributed by atoms with Crippen molar-refractivity contribution in [3.05, 3.63) is 34.1 Å². The van der Waals surface area contributed by atoms with Crippen LogP contribution in [0.3, 0.4) is 0 Å². The third-order valence-corrected chi connectivity index (χ3v) is 3.21. The van der Waals surface area contributed by atoms with Crippen molar-refractivity contribution in [3.63, 3.8) is 0 Å². The molecule has 80 valence electrons. The van der Waals surface area contributed by atoms with Crippen molar-refractivity contribution < 1.29 is 9.18 Å². The van der Waals surface area contributed by atoms with Crippen LogP contribution in [0.1, 0.15) is 5.56 Å². The minimum Gasteiger partial charge on any atom is -0.315 e. The Kier molecular flexibility index (Phi) is 3.17. The predicted octanol–water partition coefficient (Wildman–Crippen LogP) is 1.92. The molecule has 1 aromatic rings. The van der Waals surface area contributed by atoms with E-state index in [1.165, 1.54) is 6.07 Å². The number of nitrogens with one attached hydrogen (secondary N) is 1. The number of hydrogen-bond acceptors (Lipinski definition) is 2. The molecule has 0 aliphatic carbocycles. The van der Waals surface area contributed by atoms with Crippen LogP contribution >= 0.6 is 15.9 Å². The minimum atomic E-state index is -0.295. The van der Waals surface area contributed by atoms with E-state index < -0.39 is 0 Å². The normalized spacial score (nSPS) is 16.1. The lowest BCUT2D eigenvalue weighted by Gasteiger charge is -2.25. The van der Waals surface area contributed by atoms with E-state index >= 15 is 0 Å². The Labute approximate surface area is 96.0 Å². The van der Waals surface area contributed by atoms with Crippen LogP contribution in [-0.2, 0) is 11.2 Å². The van der Waals surface area contributed by atoms with Gasteiger partial charge in [-0.3, -0.25) is 4.79 Å². The Balaban J connectivity index is 2.03. The molecule has 15 heavy (non-hydrogen) atoms. The maximum atomic E-state index is 12.9. The Morgan fingerprint density at radius 3 is 2.80 bits per heavy atom. The van der Waals surface area contributed by atoms with Crippen molar-refractivity contribution in [2.45, 2.75) is 6.42 Å². The highest BCUT2D eigenvalue weighted by molar-refractivity contribution is 9.10. The molecular weight excluding hydrogens is 261 g/mol. The summed E-state index contributed by atoms with van der Waals surface area (Å²) in [6.07, 6.45) is 0.394. The van der Waals surface area contributed by atoms with Gasteiger partial charge in [0.25, 0.3) is 0 Å². The average Bonchev–Trinajstić information content (AvgIpc) is 2.08. The summed E-state index contributed by atoms with van der Waals surface area (Å²) in [5.41, 5.74) is 0.861. The van der Waals surface area contributed by atoms with E-state index in [0.29, 0.717) is 10.9 Å². The molecular formula is C11H11BrFNO. The van der Waals surface area contributed by atoms with Gasteiger partial charge in [-0.2, -0.15) is 0 Å². The number of Topliss-reactive ketones (excluding diaryl/α,β-unsaturated/α-hetero) is 1. The molecule has 1 fully saturated rings. The summed E-state index contributed by atoms with van der Waals surface area (Å²) in [6, 6.07) is 4.70. The van der Waals surface area contributed by atoms with Gasteiger partial charge in [0.1, 0.15) is 11.6 Å². The Bertz CT molecular complexity index is 390. The molecule has 0 amide bonds. The monoisotopic (exact) mass is 271 g/mol. The second kappa shape index (κ2) is 4.41. The summed E-state index contributed by atoms with van der Waals surface area (Å²) < 4.78 is 13.3. The van der Waals surface area contributed by atoms with Gasteiger partial charge in [-0.1, -0.05) is 6.07 Å². The quantitative estimate of drug-likeness (QED) is 0.910. The molecule has 0 bridgehead atoms. The summed E-state index contributed by atoms with van der Waals surface area (Å²) in [4.78, 5) is 11.6. The van der Waals surface area contributed by atoms with E-state index in [0.717, 1.165) is 18.7 Å². The van der Waals surface area contributed by atoms with Gasteiger partial charge in [-0.15, -0.1) is 0 Å². The van der Waals surface area contributed by atoms with E-state index in [1.807, 2.05) is 0 Å². The van der Waals surface area contributed by atoms with Gasteiger partial charge in [0.2, 0.25) is 0 Å². The van der Waals surface area contributed by atoms with Crippen molar-refractivity contribution in [2.75, 3.05) is 13.1 Å². The van der Waals surface area contributed by atoms with E-state index in [-0.39, 0.29) is 17.5 Å². The van der Waals surface area contributed by atoms with Crippen molar-refractivity contribution >= 4 is 21.7 Å². The smallest absolute Gasteiger partial charge is 0.142 e. The van der Waals surface area contributed by atoms with Crippen LogP contribution in [0.2, 0.25) is 0 Å². The fourth-order valence-corrected chi connectivity index (χ4v) is 1.94. The third kappa shape index (κ3) is 2.44. The van der Waals surface area contributed by atoms with Crippen LogP contribution in [0.5, 0.6) is 0 Å². The lowest BCUT2D eigenvalue weighted by molar-refractivity contribution is -0.123. The van der Waals surface area contributed by atoms with Crippen molar-refractivity contribution in [2.24, 2.45) is 5.92 Å². The van der Waals surface area contributed by atoms with Gasteiger partial charge in [0, 0.05) is 25.4 Å². The van der Waals surface area contributed by atoms with Gasteiger partial charge in [-0.05, 0) is 33.6 Å². The summed E-state index contributed by atoms with van der Waals surface area (Å²) in [5, 5.41) is 3.06. The second-order valence-electron chi connectivity index (χ2n) is 3.75. The van der Waals surface area contributed by atoms with Crippen molar-refractivity contribution in [3.8, 4) is 0 Å². The predicted molar refractivity (Wildman–Crippen MR) is 59.2 cm³/mol. The van der Waals surface area contributed by atoms with Gasteiger partial charge >= 0.3 is 0 Å². The molecule has 1 N–H and O–H groups in total. The Morgan fingerprint density at radius 2 is 2.27 bits per heavy atom. The highest BCUT2D eigenvalue weighted by Crippen LogP contribution is 2.18. The van der Waals surface area contributed by atoms with Crippen LogP contribution in [-0.4, -0.2) is 18.9 Å². The van der Waals surface area contributed by atoms with Crippen LogP contribution in [0.15, 0.2) is 22.7 Å². The summed E-state index contributed by atoms with van der Waals surface area (Å²) in [7, 11) is 0. The highest BCUT2D eigenvalue weighted by atomic mass is 79.9. The zero-order chi connectivity index (χ0) is 10.8. The van der Waals surface area contributed by atoms with Gasteiger partial charge in [0.15, 0.2) is 0 Å². The molecule has 0 saturated carbocycles. The van der Waals surface area contributed by atoms with Crippen LogP contribution in [0.25, 0.3) is 0 Å². The molecule has 1 aliphatic heterocycles. The van der Waals surface area contributed by atoms with Gasteiger partial charge < -0.3 is 5.32 Å². The zero-order valence-electron chi connectivity index (χ0n) is 8.09. The molecule has 0 spiro atoms. The van der Waals surface area contributed by atoms with Gasteiger partial charge in [0.05, 0.1) is 4.47 Å². The fraction of sp³-hybridized carbons (Fsp3) is 0.364. The molecule has 1 saturated heterocycles. The average molecular weight is 272 g/mol. The number of carbonyl (C=O) groups is 1. The van der Waals surface area contributed by atoms with Crippen LogP contribution in [0.4, 0.5) is 4.39 Å². The number of benzene rings is 1. The maximum absolute atomic E-state index is 12.9. The first-order valence-corrected chi connectivity index (χ1v) is 5.63. The molecule has 1 aromatic carbocycles. The van der Waals surface area contributed by atoms with E-state index in [9.17, 15) is 9.18 Å². The topological polar surface area (TPSA) is 29.1 Å². The molecule has 0 radical (unpaired) electrons. The second-order valence-corrected chi connectivity index (χ2v) is 4.60. The van der Waals surface area contributed by atoms with E-state index in [1.54, 1.807) is 12.1 Å². The number of carbonyl (C=O) groups excluding carboxylic acids is 1. The first-order chi connectivity index (χ1) is 7.16. The maximum Gasteiger partial charge on any atom is 0.142 e. The molecule has 0 atom stereocenters. The zero-order valence-corrected chi connectivity index (χ0v) is 9.68. The van der Waals surface area contributed by atoms with Crippen LogP contribution in [0, 0.1) is 11.7 Å². The Morgan fingerprint density at radius 1 is 1.53 bits per heavy atom.